The summed E-state index contributed by atoms with van der Waals surface area (Å²) in [5.41, 5.74) is 7.23. The third kappa shape index (κ3) is 3.77. The average Bonchev–Trinajstić information content (AvgIpc) is 2.34. The van der Waals surface area contributed by atoms with Crippen LogP contribution in [0.4, 0.5) is 5.69 Å². The fourth-order valence-electron chi connectivity index (χ4n) is 1.26. The van der Waals surface area contributed by atoms with Crippen molar-refractivity contribution >= 4 is 11.5 Å². The van der Waals surface area contributed by atoms with Gasteiger partial charge in [-0.3, -0.25) is 4.79 Å². The minimum atomic E-state index is 0.185. The highest BCUT2D eigenvalue weighted by Gasteiger charge is 2.07. The number of ether oxygens (including phenoxy) is 1. The van der Waals surface area contributed by atoms with Gasteiger partial charge in [0.25, 0.3) is 0 Å². The Morgan fingerprint density at radius 2 is 2.06 bits per heavy atom. The first-order chi connectivity index (χ1) is 7.69. The normalized spacial score (nSPS) is 8.88. The predicted octanol–water partition coefficient (Wildman–Crippen LogP) is 2.60. The van der Waals surface area contributed by atoms with Crippen molar-refractivity contribution in [3.8, 4) is 5.75 Å². The van der Waals surface area contributed by atoms with Gasteiger partial charge in [0, 0.05) is 12.8 Å². The topological polar surface area (TPSA) is 52.3 Å². The largest absolute Gasteiger partial charge is 0.495 e. The van der Waals surface area contributed by atoms with E-state index in [2.05, 4.69) is 13.2 Å². The molecule has 0 aliphatic rings. The number of anilines is 1. The van der Waals surface area contributed by atoms with Crippen molar-refractivity contribution < 1.29 is 9.53 Å². The lowest BCUT2D eigenvalue weighted by Gasteiger charge is -2.08. The maximum atomic E-state index is 11.2. The predicted molar refractivity (Wildman–Crippen MR) is 67.7 cm³/mol. The van der Waals surface area contributed by atoms with Crippen molar-refractivity contribution in [1.82, 2.24) is 0 Å². The van der Waals surface area contributed by atoms with E-state index in [1.165, 1.54) is 0 Å². The van der Waals surface area contributed by atoms with Crippen LogP contribution in [0.2, 0.25) is 0 Å². The number of carbonyl (C=O) groups excluding carboxylic acids is 1. The number of para-hydroxylation sites is 1. The summed E-state index contributed by atoms with van der Waals surface area (Å²) in [6, 6.07) is 5.48. The maximum absolute atomic E-state index is 11.2. The van der Waals surface area contributed by atoms with E-state index < -0.39 is 0 Å². The molecule has 1 rings (SSSR count). The quantitative estimate of drug-likeness (QED) is 0.628. The zero-order chi connectivity index (χ0) is 12.6. The Morgan fingerprint density at radius 1 is 1.44 bits per heavy atom. The molecule has 0 radical (unpaired) electrons. The molecule has 3 heteroatoms. The highest BCUT2D eigenvalue weighted by molar-refractivity contribution is 5.82. The third-order valence-electron chi connectivity index (χ3n) is 2.16. The Kier molecular flexibility index (Phi) is 6.68. The Labute approximate surface area is 96.9 Å². The summed E-state index contributed by atoms with van der Waals surface area (Å²) in [6.07, 6.45) is 0.927. The third-order valence-corrected chi connectivity index (χ3v) is 2.16. The first kappa shape index (κ1) is 14.2. The Hall–Kier alpha value is -1.77. The maximum Gasteiger partial charge on any atom is 0.142 e. The van der Waals surface area contributed by atoms with Gasteiger partial charge in [-0.05, 0) is 11.6 Å². The molecule has 0 atom stereocenters. The molecule has 0 heterocycles. The lowest BCUT2D eigenvalue weighted by molar-refractivity contribution is -0.118. The Morgan fingerprint density at radius 3 is 2.56 bits per heavy atom. The zero-order valence-corrected chi connectivity index (χ0v) is 9.95. The molecule has 0 spiro atoms. The summed E-state index contributed by atoms with van der Waals surface area (Å²) in [5.74, 6) is 0.816. The van der Waals surface area contributed by atoms with Crippen LogP contribution >= 0.6 is 0 Å². The molecular weight excluding hydrogens is 202 g/mol. The second-order valence-electron chi connectivity index (χ2n) is 3.10. The highest BCUT2D eigenvalue weighted by Crippen LogP contribution is 2.25. The van der Waals surface area contributed by atoms with E-state index in [0.717, 1.165) is 5.56 Å². The summed E-state index contributed by atoms with van der Waals surface area (Å²) >= 11 is 0. The van der Waals surface area contributed by atoms with E-state index in [4.69, 9.17) is 10.5 Å². The number of methoxy groups -OCH3 is 1. The average molecular weight is 221 g/mol. The minimum Gasteiger partial charge on any atom is -0.495 e. The van der Waals surface area contributed by atoms with Gasteiger partial charge in [-0.2, -0.15) is 0 Å². The fraction of sp³-hybridized carbons (Fsp3) is 0.308. The molecule has 0 aliphatic carbocycles. The highest BCUT2D eigenvalue weighted by atomic mass is 16.5. The van der Waals surface area contributed by atoms with E-state index in [0.29, 0.717) is 24.3 Å². The van der Waals surface area contributed by atoms with Gasteiger partial charge in [0.05, 0.1) is 12.8 Å². The van der Waals surface area contributed by atoms with Gasteiger partial charge in [-0.25, -0.2) is 0 Å². The molecule has 1 aromatic carbocycles. The molecular formula is C13H19NO2. The van der Waals surface area contributed by atoms with Gasteiger partial charge in [-0.15, -0.1) is 13.2 Å². The number of carbonyl (C=O) groups is 1. The summed E-state index contributed by atoms with van der Waals surface area (Å²) < 4.78 is 5.06. The number of hydrogen-bond acceptors (Lipinski definition) is 3. The molecule has 1 aromatic rings. The molecule has 2 N–H and O–H groups in total. The number of Topliss-reactive ketones (excluding diaryl/α,β-unsaturated/α-hetero) is 1. The van der Waals surface area contributed by atoms with Crippen LogP contribution in [-0.2, 0) is 11.2 Å². The molecule has 0 saturated heterocycles. The smallest absolute Gasteiger partial charge is 0.142 e. The van der Waals surface area contributed by atoms with E-state index >= 15 is 0 Å². The summed E-state index contributed by atoms with van der Waals surface area (Å²) in [5, 5.41) is 0. The van der Waals surface area contributed by atoms with Crippen LogP contribution in [0.5, 0.6) is 5.75 Å². The molecule has 16 heavy (non-hydrogen) atoms. The van der Waals surface area contributed by atoms with Crippen molar-refractivity contribution in [2.45, 2.75) is 19.8 Å². The van der Waals surface area contributed by atoms with Crippen LogP contribution in [0.3, 0.4) is 0 Å². The molecule has 0 unspecified atom stereocenters. The fourth-order valence-corrected chi connectivity index (χ4v) is 1.26. The van der Waals surface area contributed by atoms with E-state index in [-0.39, 0.29) is 5.78 Å². The number of benzene rings is 1. The van der Waals surface area contributed by atoms with Crippen LogP contribution in [0.1, 0.15) is 18.9 Å². The number of ketones is 1. The number of nitrogen functional groups attached to an aromatic ring is 1. The van der Waals surface area contributed by atoms with E-state index in [1.807, 2.05) is 19.1 Å². The van der Waals surface area contributed by atoms with Gasteiger partial charge in [-0.1, -0.05) is 19.1 Å². The lowest BCUT2D eigenvalue weighted by Crippen LogP contribution is -2.04. The van der Waals surface area contributed by atoms with E-state index in [9.17, 15) is 4.79 Å². The summed E-state index contributed by atoms with van der Waals surface area (Å²) in [7, 11) is 1.57. The Bertz CT molecular complexity index is 348. The molecule has 0 saturated carbocycles. The molecule has 0 fully saturated rings. The zero-order valence-electron chi connectivity index (χ0n) is 9.95. The SMILES string of the molecule is C=C.CCC(=O)Cc1cccc(OC)c1N. The minimum absolute atomic E-state index is 0.185. The van der Waals surface area contributed by atoms with Gasteiger partial charge in [0.15, 0.2) is 0 Å². The molecule has 0 amide bonds. The van der Waals surface area contributed by atoms with Crippen molar-refractivity contribution in [3.63, 3.8) is 0 Å². The van der Waals surface area contributed by atoms with Crippen LogP contribution in [0.15, 0.2) is 31.4 Å². The lowest BCUT2D eigenvalue weighted by atomic mass is 10.1. The van der Waals surface area contributed by atoms with Gasteiger partial charge in [0.1, 0.15) is 11.5 Å². The van der Waals surface area contributed by atoms with Crippen LogP contribution in [0, 0.1) is 0 Å². The first-order valence-electron chi connectivity index (χ1n) is 5.12. The van der Waals surface area contributed by atoms with Crippen LogP contribution in [0.25, 0.3) is 0 Å². The standard InChI is InChI=1S/C11H15NO2.C2H4/c1-3-9(13)7-8-5-4-6-10(14-2)11(8)12;1-2/h4-6H,3,7,12H2,1-2H3;1-2H2. The van der Waals surface area contributed by atoms with Crippen molar-refractivity contribution in [3.05, 3.63) is 36.9 Å². The second kappa shape index (κ2) is 7.51. The Balaban J connectivity index is 0.00000106. The monoisotopic (exact) mass is 221 g/mol. The summed E-state index contributed by atoms with van der Waals surface area (Å²) in [6.45, 7) is 7.85. The number of nitrogens with two attached hydrogens (primary N) is 1. The van der Waals surface area contributed by atoms with Gasteiger partial charge >= 0.3 is 0 Å². The molecule has 3 nitrogen and oxygen atoms in total. The van der Waals surface area contributed by atoms with Gasteiger partial charge < -0.3 is 10.5 Å². The second-order valence-corrected chi connectivity index (χ2v) is 3.10. The molecule has 88 valence electrons. The molecule has 0 bridgehead atoms. The van der Waals surface area contributed by atoms with Gasteiger partial charge in [0.2, 0.25) is 0 Å². The van der Waals surface area contributed by atoms with Crippen LogP contribution < -0.4 is 10.5 Å². The van der Waals surface area contributed by atoms with Crippen LogP contribution in [-0.4, -0.2) is 12.9 Å². The van der Waals surface area contributed by atoms with Crippen molar-refractivity contribution in [1.29, 1.82) is 0 Å². The van der Waals surface area contributed by atoms with Crippen molar-refractivity contribution in [2.24, 2.45) is 0 Å². The van der Waals surface area contributed by atoms with Crippen molar-refractivity contribution in [2.75, 3.05) is 12.8 Å². The summed E-state index contributed by atoms with van der Waals surface area (Å²) in [4.78, 5) is 11.2. The number of rotatable bonds is 4. The number of hydrogen-bond donors (Lipinski definition) is 1. The first-order valence-corrected chi connectivity index (χ1v) is 5.12. The molecule has 0 aliphatic heterocycles. The molecule has 0 aromatic heterocycles. The van der Waals surface area contributed by atoms with E-state index in [1.54, 1.807) is 13.2 Å².